The summed E-state index contributed by atoms with van der Waals surface area (Å²) < 4.78 is 2.59. The van der Waals surface area contributed by atoms with E-state index in [0.717, 1.165) is 11.4 Å². The van der Waals surface area contributed by atoms with E-state index in [2.05, 4.69) is 229 Å². The van der Waals surface area contributed by atoms with E-state index in [9.17, 15) is 0 Å². The van der Waals surface area contributed by atoms with Crippen molar-refractivity contribution >= 4 is 72.1 Å². The van der Waals surface area contributed by atoms with Crippen LogP contribution < -0.4 is 4.90 Å². The van der Waals surface area contributed by atoms with Gasteiger partial charge in [0.1, 0.15) is 0 Å². The van der Waals surface area contributed by atoms with Gasteiger partial charge in [-0.1, -0.05) is 187 Å². The van der Waals surface area contributed by atoms with Gasteiger partial charge in [-0.3, -0.25) is 0 Å². The van der Waals surface area contributed by atoms with E-state index in [1.807, 2.05) is 34.9 Å². The van der Waals surface area contributed by atoms with Crippen LogP contribution in [0.3, 0.4) is 0 Å². The molecule has 0 unspecified atom stereocenters. The van der Waals surface area contributed by atoms with Gasteiger partial charge in [0.2, 0.25) is 0 Å². The number of hydrogen-bond donors (Lipinski definition) is 0. The minimum atomic E-state index is -0.496. The highest BCUT2D eigenvalue weighted by atomic mass is 32.2. The first-order valence-corrected chi connectivity index (χ1v) is 25.1. The van der Waals surface area contributed by atoms with Gasteiger partial charge in [-0.05, 0) is 122 Å². The summed E-state index contributed by atoms with van der Waals surface area (Å²) in [6, 6.07) is 85.3. The highest BCUT2D eigenvalue weighted by molar-refractivity contribution is 7.99. The quantitative estimate of drug-likeness (QED) is 0.174. The van der Waals surface area contributed by atoms with Crippen LogP contribution in [0.25, 0.3) is 42.4 Å². The number of anilines is 3. The second-order valence-corrected chi connectivity index (χ2v) is 21.1. The van der Waals surface area contributed by atoms with Gasteiger partial charge in [-0.15, -0.1) is 11.3 Å². The number of rotatable bonds is 3. The standard InChI is InChI=1S/C62H37NS3/c1-4-19-45-40(16-1)41-34-32-38(36-52(41)62(45)49-23-8-13-30-57(49)66-58-31-14-9-24-50(58)62)63(39-33-35-43-42-17-3-10-27-54(42)64-59(43)37-39)53-26-15-25-51-60(53)44-18-2-5-20-46(44)61(51)47-21-6-11-28-55(47)65-56-29-12-7-22-48(56)61/h1-37H. The van der Waals surface area contributed by atoms with Crippen LogP contribution in [0.2, 0.25) is 0 Å². The topological polar surface area (TPSA) is 3.24 Å². The summed E-state index contributed by atoms with van der Waals surface area (Å²) in [5.41, 5.74) is 18.4. The Morgan fingerprint density at radius 2 is 0.758 bits per heavy atom. The van der Waals surface area contributed by atoms with Gasteiger partial charge in [-0.25, -0.2) is 0 Å². The smallest absolute Gasteiger partial charge is 0.0736 e. The molecule has 0 atom stereocenters. The van der Waals surface area contributed by atoms with Crippen molar-refractivity contribution in [2.45, 2.75) is 30.4 Å². The van der Waals surface area contributed by atoms with Crippen LogP contribution in [0.1, 0.15) is 44.5 Å². The van der Waals surface area contributed by atoms with E-state index < -0.39 is 10.8 Å². The number of benzene rings is 10. The van der Waals surface area contributed by atoms with Crippen molar-refractivity contribution < 1.29 is 0 Å². The minimum Gasteiger partial charge on any atom is -0.310 e. The molecule has 4 aliphatic rings. The molecule has 2 aliphatic heterocycles. The van der Waals surface area contributed by atoms with Crippen molar-refractivity contribution in [2.24, 2.45) is 0 Å². The van der Waals surface area contributed by atoms with Crippen LogP contribution in [0.4, 0.5) is 17.1 Å². The lowest BCUT2D eigenvalue weighted by Crippen LogP contribution is -2.32. The second-order valence-electron chi connectivity index (χ2n) is 17.8. The second kappa shape index (κ2) is 13.7. The maximum absolute atomic E-state index is 2.58. The van der Waals surface area contributed by atoms with E-state index >= 15 is 0 Å². The number of nitrogens with zero attached hydrogens (tertiary/aromatic N) is 1. The third kappa shape index (κ3) is 4.73. The number of thiophene rings is 1. The fraction of sp³-hybridized carbons (Fsp3) is 0.0323. The predicted molar refractivity (Wildman–Crippen MR) is 277 cm³/mol. The molecule has 0 N–H and O–H groups in total. The normalized spacial score (nSPS) is 14.8. The molecule has 0 amide bonds. The monoisotopic (exact) mass is 891 g/mol. The Balaban J connectivity index is 1.05. The zero-order valence-corrected chi connectivity index (χ0v) is 38.0. The van der Waals surface area contributed by atoms with Crippen molar-refractivity contribution in [3.63, 3.8) is 0 Å². The molecule has 66 heavy (non-hydrogen) atoms. The lowest BCUT2D eigenvalue weighted by atomic mass is 9.67. The van der Waals surface area contributed by atoms with Gasteiger partial charge < -0.3 is 4.90 Å². The van der Waals surface area contributed by atoms with Crippen molar-refractivity contribution in [2.75, 3.05) is 4.90 Å². The Kier molecular flexibility index (Phi) is 7.73. The predicted octanol–water partition coefficient (Wildman–Crippen LogP) is 17.2. The zero-order valence-electron chi connectivity index (χ0n) is 35.5. The molecule has 1 nitrogen and oxygen atoms in total. The van der Waals surface area contributed by atoms with Gasteiger partial charge in [0, 0.05) is 56.7 Å². The fourth-order valence-electron chi connectivity index (χ4n) is 12.3. The molecule has 0 saturated heterocycles. The number of hydrogen-bond acceptors (Lipinski definition) is 4. The summed E-state index contributed by atoms with van der Waals surface area (Å²) >= 11 is 5.67. The summed E-state index contributed by atoms with van der Waals surface area (Å²) in [5, 5.41) is 2.61. The van der Waals surface area contributed by atoms with Crippen molar-refractivity contribution in [1.29, 1.82) is 0 Å². The van der Waals surface area contributed by atoms with Gasteiger partial charge in [0.25, 0.3) is 0 Å². The Morgan fingerprint density at radius 1 is 0.303 bits per heavy atom. The molecule has 0 fully saturated rings. The summed E-state index contributed by atoms with van der Waals surface area (Å²) in [6.45, 7) is 0. The molecule has 15 rings (SSSR count). The molecule has 2 aliphatic carbocycles. The lowest BCUT2D eigenvalue weighted by molar-refractivity contribution is 0.722. The summed E-state index contributed by atoms with van der Waals surface area (Å²) in [5.74, 6) is 0. The van der Waals surface area contributed by atoms with Gasteiger partial charge in [0.15, 0.2) is 0 Å². The third-order valence-electron chi connectivity index (χ3n) is 14.8. The molecular formula is C62H37NS3. The lowest BCUT2D eigenvalue weighted by Gasteiger charge is -2.40. The molecule has 3 heterocycles. The highest BCUT2D eigenvalue weighted by Crippen LogP contribution is 2.66. The maximum Gasteiger partial charge on any atom is 0.0736 e. The maximum atomic E-state index is 2.58. The zero-order chi connectivity index (χ0) is 43.1. The van der Waals surface area contributed by atoms with Gasteiger partial charge >= 0.3 is 0 Å². The Hall–Kier alpha value is -7.08. The van der Waals surface area contributed by atoms with Gasteiger partial charge in [-0.2, -0.15) is 0 Å². The molecule has 0 radical (unpaired) electrons. The van der Waals surface area contributed by atoms with Crippen LogP contribution in [-0.4, -0.2) is 0 Å². The Morgan fingerprint density at radius 3 is 1.41 bits per heavy atom. The molecule has 308 valence electrons. The van der Waals surface area contributed by atoms with Crippen LogP contribution in [0.5, 0.6) is 0 Å². The average Bonchev–Trinajstić information content (AvgIpc) is 3.99. The first-order valence-electron chi connectivity index (χ1n) is 22.7. The molecule has 4 heteroatoms. The molecule has 11 aromatic rings. The van der Waals surface area contributed by atoms with Crippen LogP contribution in [0.15, 0.2) is 244 Å². The largest absolute Gasteiger partial charge is 0.310 e. The van der Waals surface area contributed by atoms with E-state index in [1.54, 1.807) is 0 Å². The van der Waals surface area contributed by atoms with Crippen LogP contribution >= 0.6 is 34.9 Å². The van der Waals surface area contributed by atoms with Crippen molar-refractivity contribution in [3.8, 4) is 22.3 Å². The van der Waals surface area contributed by atoms with E-state index in [1.165, 1.54) is 112 Å². The molecular weight excluding hydrogens is 855 g/mol. The summed E-state index contributed by atoms with van der Waals surface area (Å²) in [4.78, 5) is 7.83. The number of fused-ring (bicyclic) bond motifs is 21. The molecule has 0 bridgehead atoms. The first-order chi connectivity index (χ1) is 32.7. The van der Waals surface area contributed by atoms with Crippen molar-refractivity contribution in [1.82, 2.24) is 0 Å². The van der Waals surface area contributed by atoms with E-state index in [-0.39, 0.29) is 0 Å². The van der Waals surface area contributed by atoms with E-state index in [4.69, 9.17) is 0 Å². The minimum absolute atomic E-state index is 0.488. The third-order valence-corrected chi connectivity index (χ3v) is 18.2. The Labute approximate surface area is 396 Å². The summed E-state index contributed by atoms with van der Waals surface area (Å²) in [6.07, 6.45) is 0. The first kappa shape index (κ1) is 37.2. The molecule has 0 saturated carbocycles. The molecule has 1 aromatic heterocycles. The van der Waals surface area contributed by atoms with Crippen LogP contribution in [0, 0.1) is 0 Å². The molecule has 10 aromatic carbocycles. The SMILES string of the molecule is c1ccc2c(c1)Sc1ccccc1C21c2ccccc2-c2ccc(N(c3ccc4c(c3)sc3ccccc34)c3cccc4c3-c3ccccc3C43c4ccccc4Sc4ccccc43)cc21. The Bertz CT molecular complexity index is 3790. The van der Waals surface area contributed by atoms with Crippen LogP contribution in [-0.2, 0) is 10.8 Å². The average molecular weight is 892 g/mol. The summed E-state index contributed by atoms with van der Waals surface area (Å²) in [7, 11) is 0. The fourth-order valence-corrected chi connectivity index (χ4v) is 15.9. The molecule has 2 spiro atoms. The van der Waals surface area contributed by atoms with E-state index in [0.29, 0.717) is 0 Å². The van der Waals surface area contributed by atoms with Crippen molar-refractivity contribution in [3.05, 3.63) is 269 Å². The van der Waals surface area contributed by atoms with Gasteiger partial charge in [0.05, 0.1) is 16.5 Å². The highest BCUT2D eigenvalue weighted by Gasteiger charge is 2.52.